The molecule has 0 fully saturated rings. The molecule has 0 aromatic carbocycles. The molecule has 0 aliphatic rings. The summed E-state index contributed by atoms with van der Waals surface area (Å²) in [6.07, 6.45) is 4.06. The van der Waals surface area contributed by atoms with Gasteiger partial charge in [0.15, 0.2) is 0 Å². The molecular weight excluding hydrogens is 140 g/mol. The Morgan fingerprint density at radius 3 is 2.40 bits per heavy atom. The fraction of sp³-hybridized carbons (Fsp3) is 1.00. The van der Waals surface area contributed by atoms with Gasteiger partial charge in [0.1, 0.15) is 0 Å². The molecule has 0 rings (SSSR count). The van der Waals surface area contributed by atoms with Crippen molar-refractivity contribution in [2.24, 2.45) is 5.92 Å². The first-order valence-electron chi connectivity index (χ1n) is 4.39. The third kappa shape index (κ3) is 6.47. The van der Waals surface area contributed by atoms with E-state index in [-0.39, 0.29) is 0 Å². The number of hydrogen-bond acceptors (Lipinski definition) is 1. The SMILES string of the molecule is CCCSCC(C)CCC. The lowest BCUT2D eigenvalue weighted by Crippen LogP contribution is -1.97. The average molecular weight is 160 g/mol. The smallest absolute Gasteiger partial charge is 0.00418 e. The lowest BCUT2D eigenvalue weighted by atomic mass is 10.1. The van der Waals surface area contributed by atoms with Crippen LogP contribution in [0.3, 0.4) is 0 Å². The fourth-order valence-electron chi connectivity index (χ4n) is 1.00. The van der Waals surface area contributed by atoms with Gasteiger partial charge in [-0.25, -0.2) is 0 Å². The number of hydrogen-bond donors (Lipinski definition) is 0. The van der Waals surface area contributed by atoms with Crippen LogP contribution < -0.4 is 0 Å². The summed E-state index contributed by atoms with van der Waals surface area (Å²) in [5, 5.41) is 0. The molecule has 0 saturated heterocycles. The topological polar surface area (TPSA) is 0 Å². The van der Waals surface area contributed by atoms with Gasteiger partial charge in [-0.3, -0.25) is 0 Å². The predicted molar refractivity (Wildman–Crippen MR) is 51.7 cm³/mol. The molecule has 0 N–H and O–H groups in total. The minimum absolute atomic E-state index is 0.932. The third-order valence-corrected chi connectivity index (χ3v) is 3.03. The van der Waals surface area contributed by atoms with E-state index in [1.807, 2.05) is 0 Å². The van der Waals surface area contributed by atoms with Crippen LogP contribution >= 0.6 is 11.8 Å². The fourth-order valence-corrected chi connectivity index (χ4v) is 2.03. The largest absolute Gasteiger partial charge is 0.162 e. The van der Waals surface area contributed by atoms with E-state index in [4.69, 9.17) is 0 Å². The molecule has 1 heteroatoms. The summed E-state index contributed by atoms with van der Waals surface area (Å²) >= 11 is 2.10. The molecular formula is C9H20S. The Labute approximate surface area is 69.8 Å². The maximum Gasteiger partial charge on any atom is -0.00418 e. The normalized spacial score (nSPS) is 13.5. The van der Waals surface area contributed by atoms with Gasteiger partial charge < -0.3 is 0 Å². The van der Waals surface area contributed by atoms with Gasteiger partial charge in [0.05, 0.1) is 0 Å². The molecule has 0 bridgehead atoms. The first-order valence-corrected chi connectivity index (χ1v) is 5.54. The Kier molecular flexibility index (Phi) is 7.72. The van der Waals surface area contributed by atoms with Crippen molar-refractivity contribution in [2.75, 3.05) is 11.5 Å². The molecule has 1 unspecified atom stereocenters. The zero-order chi connectivity index (χ0) is 7.82. The monoisotopic (exact) mass is 160 g/mol. The van der Waals surface area contributed by atoms with Gasteiger partial charge >= 0.3 is 0 Å². The van der Waals surface area contributed by atoms with Crippen LogP contribution in [0, 0.1) is 5.92 Å². The highest BCUT2D eigenvalue weighted by molar-refractivity contribution is 7.99. The van der Waals surface area contributed by atoms with Crippen LogP contribution in [-0.2, 0) is 0 Å². The second-order valence-electron chi connectivity index (χ2n) is 2.97. The minimum atomic E-state index is 0.932. The van der Waals surface area contributed by atoms with Crippen molar-refractivity contribution in [1.82, 2.24) is 0 Å². The van der Waals surface area contributed by atoms with Crippen molar-refractivity contribution in [3.05, 3.63) is 0 Å². The maximum absolute atomic E-state index is 2.35. The highest BCUT2D eigenvalue weighted by atomic mass is 32.2. The molecule has 10 heavy (non-hydrogen) atoms. The summed E-state index contributed by atoms with van der Waals surface area (Å²) in [4.78, 5) is 0. The van der Waals surface area contributed by atoms with Crippen molar-refractivity contribution in [3.8, 4) is 0 Å². The number of rotatable bonds is 6. The van der Waals surface area contributed by atoms with Crippen molar-refractivity contribution < 1.29 is 0 Å². The first kappa shape index (κ1) is 10.3. The molecule has 0 aromatic rings. The van der Waals surface area contributed by atoms with Crippen LogP contribution in [0.2, 0.25) is 0 Å². The Hall–Kier alpha value is 0.350. The van der Waals surface area contributed by atoms with Gasteiger partial charge in [0.2, 0.25) is 0 Å². The summed E-state index contributed by atoms with van der Waals surface area (Å²) in [6, 6.07) is 0. The van der Waals surface area contributed by atoms with E-state index in [1.54, 1.807) is 0 Å². The van der Waals surface area contributed by atoms with E-state index in [2.05, 4.69) is 32.5 Å². The van der Waals surface area contributed by atoms with Crippen molar-refractivity contribution >= 4 is 11.8 Å². The quantitative estimate of drug-likeness (QED) is 0.535. The summed E-state index contributed by atoms with van der Waals surface area (Å²) in [5.74, 6) is 3.64. The molecule has 0 aliphatic heterocycles. The highest BCUT2D eigenvalue weighted by Gasteiger charge is 1.98. The molecule has 0 aliphatic carbocycles. The van der Waals surface area contributed by atoms with Crippen LogP contribution in [0.25, 0.3) is 0 Å². The molecule has 62 valence electrons. The minimum Gasteiger partial charge on any atom is -0.162 e. The molecule has 0 aromatic heterocycles. The standard InChI is InChI=1S/C9H20S/c1-4-6-9(3)8-10-7-5-2/h9H,4-8H2,1-3H3. The van der Waals surface area contributed by atoms with E-state index in [0.717, 1.165) is 5.92 Å². The van der Waals surface area contributed by atoms with Crippen LogP contribution in [0.15, 0.2) is 0 Å². The zero-order valence-corrected chi connectivity index (χ0v) is 8.34. The summed E-state index contributed by atoms with van der Waals surface area (Å²) < 4.78 is 0. The molecule has 0 saturated carbocycles. The van der Waals surface area contributed by atoms with Gasteiger partial charge in [-0.05, 0) is 23.8 Å². The van der Waals surface area contributed by atoms with Gasteiger partial charge in [0, 0.05) is 0 Å². The highest BCUT2D eigenvalue weighted by Crippen LogP contribution is 2.13. The summed E-state index contributed by atoms with van der Waals surface area (Å²) in [7, 11) is 0. The molecule has 0 spiro atoms. The Morgan fingerprint density at radius 1 is 1.20 bits per heavy atom. The summed E-state index contributed by atoms with van der Waals surface area (Å²) in [5.41, 5.74) is 0. The van der Waals surface area contributed by atoms with E-state index >= 15 is 0 Å². The first-order chi connectivity index (χ1) is 4.81. The van der Waals surface area contributed by atoms with Crippen molar-refractivity contribution in [2.45, 2.75) is 40.0 Å². The Balaban J connectivity index is 2.97. The molecule has 1 atom stereocenters. The predicted octanol–water partition coefficient (Wildman–Crippen LogP) is 3.57. The second kappa shape index (κ2) is 7.46. The van der Waals surface area contributed by atoms with Crippen LogP contribution in [0.1, 0.15) is 40.0 Å². The van der Waals surface area contributed by atoms with E-state index in [0.29, 0.717) is 0 Å². The van der Waals surface area contributed by atoms with Gasteiger partial charge in [-0.1, -0.05) is 33.6 Å². The second-order valence-corrected chi connectivity index (χ2v) is 4.12. The zero-order valence-electron chi connectivity index (χ0n) is 7.52. The average Bonchev–Trinajstić information content (AvgIpc) is 1.89. The van der Waals surface area contributed by atoms with Gasteiger partial charge in [-0.15, -0.1) is 0 Å². The van der Waals surface area contributed by atoms with Gasteiger partial charge in [0.25, 0.3) is 0 Å². The van der Waals surface area contributed by atoms with Crippen LogP contribution in [-0.4, -0.2) is 11.5 Å². The van der Waals surface area contributed by atoms with E-state index in [1.165, 1.54) is 30.8 Å². The Bertz CT molecular complexity index is 61.7. The lowest BCUT2D eigenvalue weighted by molar-refractivity contribution is 0.585. The van der Waals surface area contributed by atoms with Gasteiger partial charge in [-0.2, -0.15) is 11.8 Å². The molecule has 0 amide bonds. The summed E-state index contributed by atoms with van der Waals surface area (Å²) in [6.45, 7) is 6.87. The van der Waals surface area contributed by atoms with Crippen molar-refractivity contribution in [1.29, 1.82) is 0 Å². The molecule has 0 heterocycles. The Morgan fingerprint density at radius 2 is 1.90 bits per heavy atom. The lowest BCUT2D eigenvalue weighted by Gasteiger charge is -2.07. The number of thioether (sulfide) groups is 1. The van der Waals surface area contributed by atoms with E-state index in [9.17, 15) is 0 Å². The maximum atomic E-state index is 2.35. The third-order valence-electron chi connectivity index (χ3n) is 1.53. The van der Waals surface area contributed by atoms with Crippen molar-refractivity contribution in [3.63, 3.8) is 0 Å². The van der Waals surface area contributed by atoms with E-state index < -0.39 is 0 Å². The van der Waals surface area contributed by atoms with Crippen LogP contribution in [0.4, 0.5) is 0 Å². The molecule has 0 radical (unpaired) electrons. The van der Waals surface area contributed by atoms with Crippen LogP contribution in [0.5, 0.6) is 0 Å². The molecule has 0 nitrogen and oxygen atoms in total.